The Bertz CT molecular complexity index is 617. The standard InChI is InChI=1S/C12H13NO3S/c1-2-9-17(14,15)16-11-7-3-5-10-6-4-8-13-12(10)11/h3-8H,2,9H2,1H3. The third kappa shape index (κ3) is 2.74. The molecule has 0 bridgehead atoms. The molecule has 0 saturated carbocycles. The summed E-state index contributed by atoms with van der Waals surface area (Å²) in [5, 5.41) is 0.858. The van der Waals surface area contributed by atoms with Crippen molar-refractivity contribution in [2.45, 2.75) is 13.3 Å². The van der Waals surface area contributed by atoms with E-state index >= 15 is 0 Å². The number of aromatic nitrogens is 1. The van der Waals surface area contributed by atoms with E-state index < -0.39 is 10.1 Å². The van der Waals surface area contributed by atoms with E-state index in [0.29, 0.717) is 11.9 Å². The summed E-state index contributed by atoms with van der Waals surface area (Å²) in [6, 6.07) is 8.89. The highest BCUT2D eigenvalue weighted by molar-refractivity contribution is 7.87. The monoisotopic (exact) mass is 251 g/mol. The van der Waals surface area contributed by atoms with E-state index in [4.69, 9.17) is 4.18 Å². The predicted octanol–water partition coefficient (Wildman–Crippen LogP) is 2.35. The Balaban J connectivity index is 2.43. The first-order valence-electron chi connectivity index (χ1n) is 5.38. The molecule has 0 N–H and O–H groups in total. The Morgan fingerprint density at radius 2 is 2.00 bits per heavy atom. The number of hydrogen-bond donors (Lipinski definition) is 0. The lowest BCUT2D eigenvalue weighted by atomic mass is 10.2. The first kappa shape index (κ1) is 11.9. The van der Waals surface area contributed by atoms with Crippen molar-refractivity contribution in [2.24, 2.45) is 0 Å². The van der Waals surface area contributed by atoms with Gasteiger partial charge in [-0.2, -0.15) is 8.42 Å². The topological polar surface area (TPSA) is 56.3 Å². The van der Waals surface area contributed by atoms with Gasteiger partial charge < -0.3 is 4.18 Å². The molecule has 0 amide bonds. The largest absolute Gasteiger partial charge is 0.380 e. The van der Waals surface area contributed by atoms with E-state index in [2.05, 4.69) is 4.98 Å². The smallest absolute Gasteiger partial charge is 0.309 e. The average Bonchev–Trinajstić information content (AvgIpc) is 2.29. The number of fused-ring (bicyclic) bond motifs is 1. The molecule has 1 heterocycles. The van der Waals surface area contributed by atoms with Crippen LogP contribution in [0.1, 0.15) is 13.3 Å². The summed E-state index contributed by atoms with van der Waals surface area (Å²) in [5.74, 6) is 0.299. The molecule has 0 aliphatic carbocycles. The van der Waals surface area contributed by atoms with Crippen molar-refractivity contribution < 1.29 is 12.6 Å². The fraction of sp³-hybridized carbons (Fsp3) is 0.250. The lowest BCUT2D eigenvalue weighted by molar-refractivity contribution is 0.487. The summed E-state index contributed by atoms with van der Waals surface area (Å²) in [4.78, 5) is 4.14. The van der Waals surface area contributed by atoms with Crippen LogP contribution in [0, 0.1) is 0 Å². The molecule has 1 aromatic carbocycles. The summed E-state index contributed by atoms with van der Waals surface area (Å²) >= 11 is 0. The zero-order valence-electron chi connectivity index (χ0n) is 9.46. The van der Waals surface area contributed by atoms with Gasteiger partial charge >= 0.3 is 10.1 Å². The minimum Gasteiger partial charge on any atom is -0.380 e. The van der Waals surface area contributed by atoms with Crippen LogP contribution in [0.4, 0.5) is 0 Å². The lowest BCUT2D eigenvalue weighted by Gasteiger charge is -2.07. The van der Waals surface area contributed by atoms with Gasteiger partial charge in [-0.05, 0) is 18.6 Å². The molecule has 0 spiro atoms. The minimum atomic E-state index is -3.52. The lowest BCUT2D eigenvalue weighted by Crippen LogP contribution is -2.13. The second-order valence-electron chi connectivity index (χ2n) is 3.68. The summed E-state index contributed by atoms with van der Waals surface area (Å²) in [6.45, 7) is 1.79. The molecule has 4 nitrogen and oxygen atoms in total. The van der Waals surface area contributed by atoms with E-state index in [1.165, 1.54) is 0 Å². The van der Waals surface area contributed by atoms with Crippen molar-refractivity contribution in [3.8, 4) is 5.75 Å². The van der Waals surface area contributed by atoms with Gasteiger partial charge in [-0.3, -0.25) is 4.98 Å². The molecule has 2 rings (SSSR count). The maximum Gasteiger partial charge on any atom is 0.309 e. The molecular formula is C12H13NO3S. The summed E-state index contributed by atoms with van der Waals surface area (Å²) < 4.78 is 28.3. The van der Waals surface area contributed by atoms with Crippen LogP contribution in [-0.4, -0.2) is 19.2 Å². The van der Waals surface area contributed by atoms with Gasteiger partial charge in [0.15, 0.2) is 5.75 Å². The Morgan fingerprint density at radius 3 is 2.76 bits per heavy atom. The number of rotatable bonds is 4. The number of hydrogen-bond acceptors (Lipinski definition) is 4. The quantitative estimate of drug-likeness (QED) is 0.783. The van der Waals surface area contributed by atoms with E-state index in [0.717, 1.165) is 5.39 Å². The van der Waals surface area contributed by atoms with E-state index in [9.17, 15) is 8.42 Å². The molecule has 90 valence electrons. The van der Waals surface area contributed by atoms with Crippen molar-refractivity contribution >= 4 is 21.0 Å². The van der Waals surface area contributed by atoms with Crippen LogP contribution in [0.2, 0.25) is 0 Å². The highest BCUT2D eigenvalue weighted by atomic mass is 32.2. The van der Waals surface area contributed by atoms with Crippen LogP contribution >= 0.6 is 0 Å². The number of pyridine rings is 1. The van der Waals surface area contributed by atoms with Crippen molar-refractivity contribution in [3.05, 3.63) is 36.5 Å². The van der Waals surface area contributed by atoms with Crippen LogP contribution in [-0.2, 0) is 10.1 Å². The molecule has 0 aliphatic rings. The van der Waals surface area contributed by atoms with Crippen LogP contribution in [0.3, 0.4) is 0 Å². The molecule has 17 heavy (non-hydrogen) atoms. The van der Waals surface area contributed by atoms with Crippen molar-refractivity contribution in [2.75, 3.05) is 5.75 Å². The molecular weight excluding hydrogens is 238 g/mol. The van der Waals surface area contributed by atoms with Crippen molar-refractivity contribution in [1.82, 2.24) is 4.98 Å². The SMILES string of the molecule is CCCS(=O)(=O)Oc1cccc2cccnc12. The third-order valence-electron chi connectivity index (χ3n) is 2.27. The molecule has 0 radical (unpaired) electrons. The Labute approximate surface area is 100 Å². The Morgan fingerprint density at radius 1 is 1.24 bits per heavy atom. The second kappa shape index (κ2) is 4.71. The molecule has 0 atom stereocenters. The molecule has 2 aromatic rings. The second-order valence-corrected chi connectivity index (χ2v) is 5.37. The number of para-hydroxylation sites is 1. The van der Waals surface area contributed by atoms with E-state index in [1.807, 2.05) is 12.1 Å². The van der Waals surface area contributed by atoms with Gasteiger partial charge in [-0.25, -0.2) is 0 Å². The first-order chi connectivity index (χ1) is 8.12. The Kier molecular flexibility index (Phi) is 3.28. The van der Waals surface area contributed by atoms with Crippen LogP contribution < -0.4 is 4.18 Å². The van der Waals surface area contributed by atoms with Crippen LogP contribution in [0.15, 0.2) is 36.5 Å². The van der Waals surface area contributed by atoms with Crippen molar-refractivity contribution in [3.63, 3.8) is 0 Å². The molecule has 5 heteroatoms. The van der Waals surface area contributed by atoms with Gasteiger partial charge in [0.2, 0.25) is 0 Å². The van der Waals surface area contributed by atoms with E-state index in [-0.39, 0.29) is 11.5 Å². The maximum atomic E-state index is 11.6. The summed E-state index contributed by atoms with van der Waals surface area (Å²) in [7, 11) is -3.52. The van der Waals surface area contributed by atoms with E-state index in [1.54, 1.807) is 31.3 Å². The van der Waals surface area contributed by atoms with Crippen LogP contribution in [0.25, 0.3) is 10.9 Å². The van der Waals surface area contributed by atoms with Crippen LogP contribution in [0.5, 0.6) is 5.75 Å². The van der Waals surface area contributed by atoms with Gasteiger partial charge in [0.1, 0.15) is 5.52 Å². The molecule has 1 aromatic heterocycles. The highest BCUT2D eigenvalue weighted by Crippen LogP contribution is 2.24. The molecule has 0 saturated heterocycles. The van der Waals surface area contributed by atoms with Gasteiger partial charge in [0, 0.05) is 11.6 Å². The zero-order valence-corrected chi connectivity index (χ0v) is 10.3. The van der Waals surface area contributed by atoms with Crippen molar-refractivity contribution in [1.29, 1.82) is 0 Å². The Hall–Kier alpha value is -1.62. The minimum absolute atomic E-state index is 0.0101. The third-order valence-corrected chi connectivity index (χ3v) is 3.61. The molecule has 0 fully saturated rings. The molecule has 0 unspecified atom stereocenters. The van der Waals surface area contributed by atoms with Gasteiger partial charge in [0.05, 0.1) is 5.75 Å². The molecule has 0 aliphatic heterocycles. The van der Waals surface area contributed by atoms with Gasteiger partial charge in [-0.1, -0.05) is 25.1 Å². The maximum absolute atomic E-state index is 11.6. The zero-order chi connectivity index (χ0) is 12.3. The predicted molar refractivity (Wildman–Crippen MR) is 66.4 cm³/mol. The number of benzene rings is 1. The fourth-order valence-electron chi connectivity index (χ4n) is 1.57. The fourth-order valence-corrected chi connectivity index (χ4v) is 2.56. The normalized spacial score (nSPS) is 11.6. The summed E-state index contributed by atoms with van der Waals surface area (Å²) in [5.41, 5.74) is 0.565. The highest BCUT2D eigenvalue weighted by Gasteiger charge is 2.13. The number of nitrogens with zero attached hydrogens (tertiary/aromatic N) is 1. The average molecular weight is 251 g/mol. The first-order valence-corrected chi connectivity index (χ1v) is 6.96. The summed E-state index contributed by atoms with van der Waals surface area (Å²) in [6.07, 6.45) is 2.14. The van der Waals surface area contributed by atoms with Gasteiger partial charge in [-0.15, -0.1) is 0 Å². The van der Waals surface area contributed by atoms with Gasteiger partial charge in [0.25, 0.3) is 0 Å².